The van der Waals surface area contributed by atoms with Crippen LogP contribution in [0.1, 0.15) is 46.0 Å². The highest BCUT2D eigenvalue weighted by Gasteiger charge is 2.42. The minimum absolute atomic E-state index is 0.0670. The number of aliphatic hydroxyl groups is 1. The molecule has 0 aromatic carbocycles. The second kappa shape index (κ2) is 6.25. The van der Waals surface area contributed by atoms with Crippen LogP contribution in [-0.4, -0.2) is 47.7 Å². The largest absolute Gasteiger partial charge is 0.396 e. The Balaban J connectivity index is 1.49. The maximum atomic E-state index is 12.5. The second-order valence-corrected chi connectivity index (χ2v) is 7.64. The van der Waals surface area contributed by atoms with Crippen molar-refractivity contribution < 1.29 is 9.90 Å². The van der Waals surface area contributed by atoms with Crippen molar-refractivity contribution in [1.82, 2.24) is 10.2 Å². The summed E-state index contributed by atoms with van der Waals surface area (Å²) in [5.74, 6) is 3.00. The normalized spacial score (nSPS) is 38.6. The van der Waals surface area contributed by atoms with Crippen molar-refractivity contribution in [2.24, 2.45) is 23.7 Å². The zero-order valence-electron chi connectivity index (χ0n) is 13.4. The fourth-order valence-electron chi connectivity index (χ4n) is 4.89. The maximum Gasteiger partial charge on any atom is 0.237 e. The van der Waals surface area contributed by atoms with Crippen LogP contribution in [0.2, 0.25) is 0 Å². The summed E-state index contributed by atoms with van der Waals surface area (Å²) in [6.07, 6.45) is 6.50. The Morgan fingerprint density at radius 2 is 2.10 bits per heavy atom. The zero-order chi connectivity index (χ0) is 15.0. The van der Waals surface area contributed by atoms with E-state index < -0.39 is 0 Å². The summed E-state index contributed by atoms with van der Waals surface area (Å²) >= 11 is 0. The highest BCUT2D eigenvalue weighted by molar-refractivity contribution is 5.81. The molecule has 3 fully saturated rings. The summed E-state index contributed by atoms with van der Waals surface area (Å²) in [5, 5.41) is 12.5. The molecule has 120 valence electrons. The first kappa shape index (κ1) is 15.3. The third-order valence-electron chi connectivity index (χ3n) is 6.31. The summed E-state index contributed by atoms with van der Waals surface area (Å²) in [6.45, 7) is 6.22. The summed E-state index contributed by atoms with van der Waals surface area (Å²) in [7, 11) is 0. The molecular weight excluding hydrogens is 264 g/mol. The number of nitrogens with zero attached hydrogens (tertiary/aromatic N) is 1. The molecule has 0 aromatic heterocycles. The smallest absolute Gasteiger partial charge is 0.237 e. The van der Waals surface area contributed by atoms with Crippen molar-refractivity contribution in [2.75, 3.05) is 19.7 Å². The predicted octanol–water partition coefficient (Wildman–Crippen LogP) is 1.63. The van der Waals surface area contributed by atoms with Gasteiger partial charge in [0, 0.05) is 19.2 Å². The molecule has 3 rings (SSSR count). The molecule has 21 heavy (non-hydrogen) atoms. The molecule has 2 aliphatic carbocycles. The van der Waals surface area contributed by atoms with Crippen LogP contribution < -0.4 is 5.32 Å². The Hall–Kier alpha value is -0.610. The Kier molecular flexibility index (Phi) is 4.55. The van der Waals surface area contributed by atoms with Crippen LogP contribution in [0.5, 0.6) is 0 Å². The molecule has 1 amide bonds. The molecule has 2 bridgehead atoms. The third-order valence-corrected chi connectivity index (χ3v) is 6.31. The molecule has 4 heteroatoms. The van der Waals surface area contributed by atoms with Gasteiger partial charge in [0.25, 0.3) is 0 Å². The highest BCUT2D eigenvalue weighted by Crippen LogP contribution is 2.49. The second-order valence-electron chi connectivity index (χ2n) is 7.64. The van der Waals surface area contributed by atoms with E-state index in [0.29, 0.717) is 17.9 Å². The predicted molar refractivity (Wildman–Crippen MR) is 82.8 cm³/mol. The van der Waals surface area contributed by atoms with Crippen LogP contribution in [0.15, 0.2) is 0 Å². The van der Waals surface area contributed by atoms with E-state index in [0.717, 1.165) is 31.3 Å². The summed E-state index contributed by atoms with van der Waals surface area (Å²) in [4.78, 5) is 14.7. The Morgan fingerprint density at radius 1 is 1.29 bits per heavy atom. The van der Waals surface area contributed by atoms with Gasteiger partial charge in [0.15, 0.2) is 0 Å². The summed E-state index contributed by atoms with van der Waals surface area (Å²) < 4.78 is 0. The standard InChI is InChI=1S/C17H30N2O2/c1-11(16-8-13-3-4-15(16)7-13)18-17(21)12(2)19-6-5-14(9-19)10-20/h11-16,20H,3-10H2,1-2H3,(H,18,21). The van der Waals surface area contributed by atoms with E-state index in [4.69, 9.17) is 0 Å². The summed E-state index contributed by atoms with van der Waals surface area (Å²) in [5.41, 5.74) is 0. The van der Waals surface area contributed by atoms with E-state index in [-0.39, 0.29) is 18.6 Å². The molecule has 0 radical (unpaired) electrons. The molecule has 1 saturated heterocycles. The summed E-state index contributed by atoms with van der Waals surface area (Å²) in [6, 6.07) is 0.245. The fourth-order valence-corrected chi connectivity index (χ4v) is 4.89. The molecule has 2 saturated carbocycles. The number of carbonyl (C=O) groups is 1. The number of rotatable bonds is 5. The lowest BCUT2D eigenvalue weighted by Gasteiger charge is -2.31. The van der Waals surface area contributed by atoms with Crippen LogP contribution in [0, 0.1) is 23.7 Å². The van der Waals surface area contributed by atoms with Gasteiger partial charge in [-0.25, -0.2) is 0 Å². The van der Waals surface area contributed by atoms with Crippen LogP contribution in [0.4, 0.5) is 0 Å². The molecule has 0 spiro atoms. The van der Waals surface area contributed by atoms with Gasteiger partial charge in [-0.2, -0.15) is 0 Å². The molecule has 0 aromatic rings. The number of carbonyl (C=O) groups excluding carboxylic acids is 1. The quantitative estimate of drug-likeness (QED) is 0.810. The van der Waals surface area contributed by atoms with Gasteiger partial charge in [-0.05, 0) is 69.7 Å². The average Bonchev–Trinajstić information content (AvgIpc) is 3.21. The van der Waals surface area contributed by atoms with E-state index in [1.165, 1.54) is 25.7 Å². The Morgan fingerprint density at radius 3 is 2.67 bits per heavy atom. The highest BCUT2D eigenvalue weighted by atomic mass is 16.3. The van der Waals surface area contributed by atoms with Crippen LogP contribution >= 0.6 is 0 Å². The van der Waals surface area contributed by atoms with Gasteiger partial charge in [-0.1, -0.05) is 6.42 Å². The van der Waals surface area contributed by atoms with Crippen molar-refractivity contribution in [3.05, 3.63) is 0 Å². The molecule has 2 N–H and O–H groups in total. The van der Waals surface area contributed by atoms with Gasteiger partial charge in [0.1, 0.15) is 0 Å². The van der Waals surface area contributed by atoms with Gasteiger partial charge in [-0.15, -0.1) is 0 Å². The van der Waals surface area contributed by atoms with Crippen LogP contribution in [-0.2, 0) is 4.79 Å². The average molecular weight is 294 g/mol. The Labute approximate surface area is 128 Å². The first-order valence-corrected chi connectivity index (χ1v) is 8.73. The molecule has 6 unspecified atom stereocenters. The number of likely N-dealkylation sites (tertiary alicyclic amines) is 1. The van der Waals surface area contributed by atoms with Crippen LogP contribution in [0.3, 0.4) is 0 Å². The van der Waals surface area contributed by atoms with E-state index >= 15 is 0 Å². The molecule has 1 aliphatic heterocycles. The van der Waals surface area contributed by atoms with Gasteiger partial charge < -0.3 is 10.4 Å². The lowest BCUT2D eigenvalue weighted by molar-refractivity contribution is -0.126. The minimum Gasteiger partial charge on any atom is -0.396 e. The zero-order valence-corrected chi connectivity index (χ0v) is 13.4. The van der Waals surface area contributed by atoms with Gasteiger partial charge in [-0.3, -0.25) is 9.69 Å². The third kappa shape index (κ3) is 3.11. The van der Waals surface area contributed by atoms with E-state index in [9.17, 15) is 9.90 Å². The lowest BCUT2D eigenvalue weighted by Crippen LogP contribution is -2.49. The van der Waals surface area contributed by atoms with Crippen molar-refractivity contribution >= 4 is 5.91 Å². The van der Waals surface area contributed by atoms with E-state index in [2.05, 4.69) is 17.1 Å². The molecule has 6 atom stereocenters. The lowest BCUT2D eigenvalue weighted by atomic mass is 9.84. The SMILES string of the molecule is CC(NC(=O)C(C)N1CCC(CO)C1)C1CC2CCC1C2. The number of hydrogen-bond acceptors (Lipinski definition) is 3. The van der Waals surface area contributed by atoms with Crippen LogP contribution in [0.25, 0.3) is 0 Å². The maximum absolute atomic E-state index is 12.5. The topological polar surface area (TPSA) is 52.6 Å². The monoisotopic (exact) mass is 294 g/mol. The number of aliphatic hydroxyl groups excluding tert-OH is 1. The molecule has 3 aliphatic rings. The number of amides is 1. The molecule has 1 heterocycles. The first-order valence-electron chi connectivity index (χ1n) is 8.73. The fraction of sp³-hybridized carbons (Fsp3) is 0.941. The van der Waals surface area contributed by atoms with E-state index in [1.54, 1.807) is 0 Å². The Bertz CT molecular complexity index is 387. The molecule has 4 nitrogen and oxygen atoms in total. The van der Waals surface area contributed by atoms with Gasteiger partial charge in [0.05, 0.1) is 6.04 Å². The number of nitrogens with one attached hydrogen (secondary N) is 1. The minimum atomic E-state index is -0.0670. The van der Waals surface area contributed by atoms with Crippen molar-refractivity contribution in [3.63, 3.8) is 0 Å². The number of fused-ring (bicyclic) bond motifs is 2. The van der Waals surface area contributed by atoms with Crippen molar-refractivity contribution in [3.8, 4) is 0 Å². The van der Waals surface area contributed by atoms with E-state index in [1.807, 2.05) is 6.92 Å². The van der Waals surface area contributed by atoms with Gasteiger partial charge >= 0.3 is 0 Å². The molecular formula is C17H30N2O2. The van der Waals surface area contributed by atoms with Gasteiger partial charge in [0.2, 0.25) is 5.91 Å². The first-order chi connectivity index (χ1) is 10.1. The van der Waals surface area contributed by atoms with Crippen molar-refractivity contribution in [1.29, 1.82) is 0 Å². The number of hydrogen-bond donors (Lipinski definition) is 2. The van der Waals surface area contributed by atoms with Crippen molar-refractivity contribution in [2.45, 2.75) is 58.0 Å².